The van der Waals surface area contributed by atoms with Crippen molar-refractivity contribution in [2.24, 2.45) is 0 Å². The lowest BCUT2D eigenvalue weighted by molar-refractivity contribution is 0.673. The Labute approximate surface area is 98.2 Å². The SMILES string of the molecule is CCS(=O)CCNCc1cccnc1C#N. The van der Waals surface area contributed by atoms with Crippen molar-refractivity contribution >= 4 is 10.8 Å². The molecular formula is C11H15N3OS. The van der Waals surface area contributed by atoms with Gasteiger partial charge < -0.3 is 5.32 Å². The number of nitrogens with zero attached hydrogens (tertiary/aromatic N) is 2. The van der Waals surface area contributed by atoms with Crippen molar-refractivity contribution in [2.45, 2.75) is 13.5 Å². The van der Waals surface area contributed by atoms with Gasteiger partial charge in [-0.25, -0.2) is 4.98 Å². The molecule has 16 heavy (non-hydrogen) atoms. The highest BCUT2D eigenvalue weighted by atomic mass is 32.2. The number of pyridine rings is 1. The molecule has 1 unspecified atom stereocenters. The largest absolute Gasteiger partial charge is 0.312 e. The third-order valence-electron chi connectivity index (χ3n) is 2.14. The van der Waals surface area contributed by atoms with Crippen molar-refractivity contribution in [1.29, 1.82) is 5.26 Å². The highest BCUT2D eigenvalue weighted by molar-refractivity contribution is 7.84. The summed E-state index contributed by atoms with van der Waals surface area (Å²) in [6.45, 7) is 3.20. The molecule has 0 aliphatic carbocycles. The maximum absolute atomic E-state index is 11.2. The lowest BCUT2D eigenvalue weighted by Gasteiger charge is -2.05. The van der Waals surface area contributed by atoms with Crippen molar-refractivity contribution in [3.63, 3.8) is 0 Å². The van der Waals surface area contributed by atoms with E-state index < -0.39 is 10.8 Å². The van der Waals surface area contributed by atoms with Gasteiger partial charge in [0.2, 0.25) is 0 Å². The number of hydrogen-bond donors (Lipinski definition) is 1. The molecule has 1 aromatic rings. The summed E-state index contributed by atoms with van der Waals surface area (Å²) in [4.78, 5) is 3.97. The first-order valence-corrected chi connectivity index (χ1v) is 6.66. The van der Waals surface area contributed by atoms with Gasteiger partial charge in [0, 0.05) is 47.2 Å². The average molecular weight is 237 g/mol. The Balaban J connectivity index is 2.38. The monoisotopic (exact) mass is 237 g/mol. The number of nitriles is 1. The molecule has 86 valence electrons. The highest BCUT2D eigenvalue weighted by Crippen LogP contribution is 2.02. The van der Waals surface area contributed by atoms with Crippen LogP contribution in [0.4, 0.5) is 0 Å². The second-order valence-electron chi connectivity index (χ2n) is 3.23. The topological polar surface area (TPSA) is 65.8 Å². The van der Waals surface area contributed by atoms with Crippen molar-refractivity contribution < 1.29 is 4.21 Å². The third kappa shape index (κ3) is 4.09. The molecule has 0 saturated carbocycles. The minimum Gasteiger partial charge on any atom is -0.312 e. The van der Waals surface area contributed by atoms with Crippen molar-refractivity contribution in [2.75, 3.05) is 18.1 Å². The maximum Gasteiger partial charge on any atom is 0.144 e. The van der Waals surface area contributed by atoms with Crippen LogP contribution in [-0.4, -0.2) is 27.2 Å². The molecule has 1 atom stereocenters. The van der Waals surface area contributed by atoms with Gasteiger partial charge in [0.25, 0.3) is 0 Å². The zero-order chi connectivity index (χ0) is 11.8. The normalized spacial score (nSPS) is 12.0. The molecule has 0 radical (unpaired) electrons. The molecule has 5 heteroatoms. The quantitative estimate of drug-likeness (QED) is 0.744. The van der Waals surface area contributed by atoms with Crippen LogP contribution in [0.1, 0.15) is 18.2 Å². The molecule has 1 N–H and O–H groups in total. The van der Waals surface area contributed by atoms with Gasteiger partial charge in [-0.1, -0.05) is 13.0 Å². The number of hydrogen-bond acceptors (Lipinski definition) is 4. The molecule has 0 aliphatic rings. The van der Waals surface area contributed by atoms with Crippen LogP contribution in [0.15, 0.2) is 18.3 Å². The fourth-order valence-corrected chi connectivity index (χ4v) is 1.90. The van der Waals surface area contributed by atoms with Crippen LogP contribution in [0.2, 0.25) is 0 Å². The Morgan fingerprint density at radius 3 is 3.12 bits per heavy atom. The van der Waals surface area contributed by atoms with Gasteiger partial charge in [0.1, 0.15) is 11.8 Å². The van der Waals surface area contributed by atoms with E-state index in [9.17, 15) is 4.21 Å². The molecule has 0 spiro atoms. The molecule has 0 amide bonds. The molecule has 1 heterocycles. The molecule has 0 saturated heterocycles. The first-order chi connectivity index (χ1) is 7.77. The van der Waals surface area contributed by atoms with E-state index in [0.29, 0.717) is 30.3 Å². The lowest BCUT2D eigenvalue weighted by Crippen LogP contribution is -2.21. The van der Waals surface area contributed by atoms with Gasteiger partial charge in [-0.05, 0) is 6.07 Å². The summed E-state index contributed by atoms with van der Waals surface area (Å²) in [5.74, 6) is 1.34. The molecule has 1 rings (SSSR count). The van der Waals surface area contributed by atoms with Crippen LogP contribution < -0.4 is 5.32 Å². The highest BCUT2D eigenvalue weighted by Gasteiger charge is 2.01. The second kappa shape index (κ2) is 7.09. The van der Waals surface area contributed by atoms with Gasteiger partial charge in [0.15, 0.2) is 0 Å². The van der Waals surface area contributed by atoms with E-state index in [4.69, 9.17) is 5.26 Å². The predicted molar refractivity (Wildman–Crippen MR) is 64.2 cm³/mol. The second-order valence-corrected chi connectivity index (χ2v) is 5.10. The molecule has 0 aliphatic heterocycles. The lowest BCUT2D eigenvalue weighted by atomic mass is 10.2. The first-order valence-electron chi connectivity index (χ1n) is 5.17. The van der Waals surface area contributed by atoms with Crippen LogP contribution >= 0.6 is 0 Å². The van der Waals surface area contributed by atoms with E-state index in [1.807, 2.05) is 25.1 Å². The van der Waals surface area contributed by atoms with Crippen LogP contribution in [0.25, 0.3) is 0 Å². The average Bonchev–Trinajstić information content (AvgIpc) is 2.34. The molecular weight excluding hydrogens is 222 g/mol. The first kappa shape index (κ1) is 12.8. The minimum absolute atomic E-state index is 0.451. The summed E-state index contributed by atoms with van der Waals surface area (Å²) in [7, 11) is -0.735. The molecule has 1 aromatic heterocycles. The standard InChI is InChI=1S/C11H15N3OS/c1-2-16(15)7-6-13-9-10-4-3-5-14-11(10)8-12/h3-5,13H,2,6-7,9H2,1H3. The van der Waals surface area contributed by atoms with Crippen molar-refractivity contribution in [3.05, 3.63) is 29.6 Å². The Kier molecular flexibility index (Phi) is 5.68. The van der Waals surface area contributed by atoms with Gasteiger partial charge in [-0.3, -0.25) is 4.21 Å². The van der Waals surface area contributed by atoms with Gasteiger partial charge >= 0.3 is 0 Å². The Bertz CT molecular complexity index is 400. The summed E-state index contributed by atoms with van der Waals surface area (Å²) < 4.78 is 11.2. The Morgan fingerprint density at radius 1 is 1.62 bits per heavy atom. The zero-order valence-corrected chi connectivity index (χ0v) is 10.1. The minimum atomic E-state index is -0.735. The zero-order valence-electron chi connectivity index (χ0n) is 9.27. The summed E-state index contributed by atoms with van der Waals surface area (Å²) in [5.41, 5.74) is 1.33. The summed E-state index contributed by atoms with van der Waals surface area (Å²) in [5, 5.41) is 12.0. The number of aromatic nitrogens is 1. The summed E-state index contributed by atoms with van der Waals surface area (Å²) in [6.07, 6.45) is 1.61. The molecule has 0 aromatic carbocycles. The van der Waals surface area contributed by atoms with Crippen molar-refractivity contribution in [1.82, 2.24) is 10.3 Å². The molecule has 0 bridgehead atoms. The van der Waals surface area contributed by atoms with Crippen molar-refractivity contribution in [3.8, 4) is 6.07 Å². The van der Waals surface area contributed by atoms with E-state index in [-0.39, 0.29) is 0 Å². The van der Waals surface area contributed by atoms with E-state index in [0.717, 1.165) is 5.56 Å². The van der Waals surface area contributed by atoms with E-state index in [1.54, 1.807) is 6.20 Å². The van der Waals surface area contributed by atoms with Gasteiger partial charge in [0.05, 0.1) is 0 Å². The predicted octanol–water partition coefficient (Wildman–Crippen LogP) is 0.811. The molecule has 4 nitrogen and oxygen atoms in total. The molecule has 0 fully saturated rings. The van der Waals surface area contributed by atoms with Gasteiger partial charge in [-0.2, -0.15) is 5.26 Å². The number of nitrogens with one attached hydrogen (secondary N) is 1. The van der Waals surface area contributed by atoms with Crippen LogP contribution in [0.5, 0.6) is 0 Å². The fourth-order valence-electron chi connectivity index (χ4n) is 1.24. The van der Waals surface area contributed by atoms with E-state index in [2.05, 4.69) is 10.3 Å². The Morgan fingerprint density at radius 2 is 2.44 bits per heavy atom. The van der Waals surface area contributed by atoms with Crippen LogP contribution in [0.3, 0.4) is 0 Å². The van der Waals surface area contributed by atoms with E-state index in [1.165, 1.54) is 0 Å². The number of rotatable bonds is 6. The van der Waals surface area contributed by atoms with Crippen LogP contribution in [0, 0.1) is 11.3 Å². The maximum atomic E-state index is 11.2. The van der Waals surface area contributed by atoms with E-state index >= 15 is 0 Å². The van der Waals surface area contributed by atoms with Gasteiger partial charge in [-0.15, -0.1) is 0 Å². The summed E-state index contributed by atoms with van der Waals surface area (Å²) in [6, 6.07) is 5.72. The summed E-state index contributed by atoms with van der Waals surface area (Å²) >= 11 is 0. The van der Waals surface area contributed by atoms with Crippen LogP contribution in [-0.2, 0) is 17.3 Å². The fraction of sp³-hybridized carbons (Fsp3) is 0.455. The smallest absolute Gasteiger partial charge is 0.144 e. The third-order valence-corrected chi connectivity index (χ3v) is 3.44. The Hall–Kier alpha value is -1.25.